The van der Waals surface area contributed by atoms with Gasteiger partial charge in [0.15, 0.2) is 0 Å². The average Bonchev–Trinajstić information content (AvgIpc) is 2.46. The van der Waals surface area contributed by atoms with E-state index in [9.17, 15) is 13.2 Å². The molecule has 1 aromatic rings. The first-order valence-electron chi connectivity index (χ1n) is 7.11. The zero-order valence-corrected chi connectivity index (χ0v) is 13.3. The van der Waals surface area contributed by atoms with Gasteiger partial charge in [-0.3, -0.25) is 4.79 Å². The van der Waals surface area contributed by atoms with Crippen molar-refractivity contribution in [2.45, 2.75) is 46.1 Å². The topological polar surface area (TPSA) is 69.7 Å². The number of hydrogen-bond donors (Lipinski definition) is 0. The summed E-state index contributed by atoms with van der Waals surface area (Å²) in [5.74, 6) is -1.22. The highest BCUT2D eigenvalue weighted by molar-refractivity contribution is 7.82. The summed E-state index contributed by atoms with van der Waals surface area (Å²) >= 11 is 0. The van der Waals surface area contributed by atoms with Crippen LogP contribution in [0, 0.1) is 5.92 Å². The molecule has 0 aliphatic rings. The lowest BCUT2D eigenvalue weighted by Gasteiger charge is -2.10. The Kier molecular flexibility index (Phi) is 7.39. The lowest BCUT2D eigenvalue weighted by molar-refractivity contribution is -0.138. The Bertz CT molecular complexity index is 524. The molecule has 6 heteroatoms. The van der Waals surface area contributed by atoms with Crippen LogP contribution in [0.3, 0.4) is 0 Å². The first-order chi connectivity index (χ1) is 9.94. The molecule has 118 valence electrons. The van der Waals surface area contributed by atoms with E-state index in [1.54, 1.807) is 31.2 Å². The van der Waals surface area contributed by atoms with Gasteiger partial charge in [0.25, 0.3) is 0 Å². The molecule has 0 aromatic heterocycles. The Hall–Kier alpha value is -1.40. The first-order valence-corrected chi connectivity index (χ1v) is 8.44. The summed E-state index contributed by atoms with van der Waals surface area (Å²) < 4.78 is 32.3. The van der Waals surface area contributed by atoms with Crippen LogP contribution in [0.1, 0.15) is 45.1 Å². The Morgan fingerprint density at radius 1 is 1.19 bits per heavy atom. The van der Waals surface area contributed by atoms with Crippen LogP contribution >= 0.6 is 0 Å². The Morgan fingerprint density at radius 3 is 2.48 bits per heavy atom. The number of rotatable bonds is 9. The third kappa shape index (κ3) is 7.24. The summed E-state index contributed by atoms with van der Waals surface area (Å²) in [6, 6.07) is 8.81. The largest absolute Gasteiger partial charge is 0.451 e. The summed E-state index contributed by atoms with van der Waals surface area (Å²) in [6.07, 6.45) is 3.54. The number of hydrogen-bond acceptors (Lipinski definition) is 5. The molecule has 0 aliphatic carbocycles. The van der Waals surface area contributed by atoms with Gasteiger partial charge in [0.2, 0.25) is 0 Å². The third-order valence-electron chi connectivity index (χ3n) is 3.04. The van der Waals surface area contributed by atoms with Gasteiger partial charge in [-0.05, 0) is 12.0 Å². The van der Waals surface area contributed by atoms with Gasteiger partial charge in [0.05, 0.1) is 12.5 Å². The van der Waals surface area contributed by atoms with Crippen LogP contribution in [0.5, 0.6) is 0 Å². The van der Waals surface area contributed by atoms with Crippen molar-refractivity contribution < 1.29 is 21.6 Å². The molecule has 0 heterocycles. The van der Waals surface area contributed by atoms with Gasteiger partial charge in [-0.25, -0.2) is 4.18 Å². The average molecular weight is 314 g/mol. The third-order valence-corrected chi connectivity index (χ3v) is 3.81. The highest BCUT2D eigenvalue weighted by Crippen LogP contribution is 2.13. The summed E-state index contributed by atoms with van der Waals surface area (Å²) in [6.45, 7) is 3.57. The van der Waals surface area contributed by atoms with E-state index in [1.807, 2.05) is 6.07 Å². The summed E-state index contributed by atoms with van der Waals surface area (Å²) in [5, 5.41) is 0. The Labute approximate surface area is 126 Å². The van der Waals surface area contributed by atoms with Crippen LogP contribution in [-0.2, 0) is 30.2 Å². The first kappa shape index (κ1) is 17.7. The fourth-order valence-electron chi connectivity index (χ4n) is 1.74. The van der Waals surface area contributed by atoms with Crippen molar-refractivity contribution in [2.24, 2.45) is 5.92 Å². The molecule has 0 N–H and O–H groups in total. The van der Waals surface area contributed by atoms with E-state index in [4.69, 9.17) is 4.18 Å². The molecule has 0 radical (unpaired) electrons. The van der Waals surface area contributed by atoms with Crippen LogP contribution in [0.2, 0.25) is 0 Å². The summed E-state index contributed by atoms with van der Waals surface area (Å²) in [5.41, 5.74) is 0.688. The van der Waals surface area contributed by atoms with Gasteiger partial charge in [0.1, 0.15) is 0 Å². The smallest absolute Gasteiger partial charge is 0.325 e. The van der Waals surface area contributed by atoms with Crippen molar-refractivity contribution in [3.05, 3.63) is 35.9 Å². The van der Waals surface area contributed by atoms with Gasteiger partial charge in [0, 0.05) is 0 Å². The molecule has 0 spiro atoms. The number of carbonyl (C=O) groups is 1. The van der Waals surface area contributed by atoms with Gasteiger partial charge >= 0.3 is 16.4 Å². The van der Waals surface area contributed by atoms with Crippen molar-refractivity contribution in [1.29, 1.82) is 0 Å². The molecule has 1 atom stereocenters. The van der Waals surface area contributed by atoms with E-state index in [2.05, 4.69) is 11.1 Å². The van der Waals surface area contributed by atoms with Crippen molar-refractivity contribution in [1.82, 2.24) is 0 Å². The molecular weight excluding hydrogens is 292 g/mol. The molecule has 0 aliphatic heterocycles. The van der Waals surface area contributed by atoms with E-state index >= 15 is 0 Å². The fraction of sp³-hybridized carbons (Fsp3) is 0.533. The van der Waals surface area contributed by atoms with Gasteiger partial charge in [-0.1, -0.05) is 63.4 Å². The minimum absolute atomic E-state index is 0.152. The molecule has 21 heavy (non-hydrogen) atoms. The lowest BCUT2D eigenvalue weighted by Crippen LogP contribution is -2.21. The summed E-state index contributed by atoms with van der Waals surface area (Å²) in [7, 11) is -4.30. The molecule has 0 amide bonds. The van der Waals surface area contributed by atoms with Crippen LogP contribution in [-0.4, -0.2) is 14.4 Å². The monoisotopic (exact) mass is 314 g/mol. The molecular formula is C15H22O5S. The SMILES string of the molecule is CCCCCC(C)C(=O)OS(=O)(=O)OCc1ccccc1. The van der Waals surface area contributed by atoms with Crippen LogP contribution in [0.15, 0.2) is 30.3 Å². The minimum atomic E-state index is -4.30. The van der Waals surface area contributed by atoms with E-state index < -0.39 is 22.3 Å². The van der Waals surface area contributed by atoms with E-state index in [-0.39, 0.29) is 6.61 Å². The Balaban J connectivity index is 2.42. The second-order valence-corrected chi connectivity index (χ2v) is 6.17. The maximum absolute atomic E-state index is 11.7. The second kappa shape index (κ2) is 8.79. The predicted octanol–water partition coefficient (Wildman–Crippen LogP) is 3.21. The molecule has 1 aromatic carbocycles. The standard InChI is InChI=1S/C15H22O5S/c1-3-4-6-9-13(2)15(16)20-21(17,18)19-12-14-10-7-5-8-11-14/h5,7-8,10-11,13H,3-4,6,9,12H2,1-2H3. The summed E-state index contributed by atoms with van der Waals surface area (Å²) in [4.78, 5) is 11.7. The minimum Gasteiger partial charge on any atom is -0.325 e. The van der Waals surface area contributed by atoms with Crippen LogP contribution in [0.25, 0.3) is 0 Å². The molecule has 0 saturated carbocycles. The molecule has 0 bridgehead atoms. The van der Waals surface area contributed by atoms with Gasteiger partial charge < -0.3 is 4.18 Å². The van der Waals surface area contributed by atoms with Gasteiger partial charge in [-0.2, -0.15) is 8.42 Å². The van der Waals surface area contributed by atoms with Crippen molar-refractivity contribution >= 4 is 16.4 Å². The highest BCUT2D eigenvalue weighted by atomic mass is 32.3. The molecule has 0 fully saturated rings. The molecule has 5 nitrogen and oxygen atoms in total. The van der Waals surface area contributed by atoms with Crippen molar-refractivity contribution in [2.75, 3.05) is 0 Å². The van der Waals surface area contributed by atoms with Gasteiger partial charge in [-0.15, -0.1) is 0 Å². The Morgan fingerprint density at radius 2 is 1.86 bits per heavy atom. The second-order valence-electron chi connectivity index (χ2n) is 4.96. The van der Waals surface area contributed by atoms with Crippen molar-refractivity contribution in [3.8, 4) is 0 Å². The van der Waals surface area contributed by atoms with E-state index in [0.717, 1.165) is 19.3 Å². The fourth-order valence-corrected chi connectivity index (χ4v) is 2.43. The van der Waals surface area contributed by atoms with Crippen LogP contribution < -0.4 is 0 Å². The number of benzene rings is 1. The highest BCUT2D eigenvalue weighted by Gasteiger charge is 2.23. The van der Waals surface area contributed by atoms with E-state index in [1.165, 1.54) is 0 Å². The van der Waals surface area contributed by atoms with Crippen LogP contribution in [0.4, 0.5) is 0 Å². The van der Waals surface area contributed by atoms with Crippen molar-refractivity contribution in [3.63, 3.8) is 0 Å². The zero-order chi connectivity index (χ0) is 15.7. The van der Waals surface area contributed by atoms with E-state index in [0.29, 0.717) is 12.0 Å². The maximum atomic E-state index is 11.7. The molecule has 1 rings (SSSR count). The normalized spacial score (nSPS) is 12.9. The lowest BCUT2D eigenvalue weighted by atomic mass is 10.0. The number of unbranched alkanes of at least 4 members (excludes halogenated alkanes) is 2. The number of carbonyl (C=O) groups excluding carboxylic acids is 1. The quantitative estimate of drug-likeness (QED) is 0.655. The molecule has 0 saturated heterocycles. The molecule has 1 unspecified atom stereocenters. The zero-order valence-electron chi connectivity index (χ0n) is 12.4. The maximum Gasteiger partial charge on any atom is 0.451 e. The predicted molar refractivity (Wildman–Crippen MR) is 79.5 cm³/mol.